The minimum absolute atomic E-state index is 0.0552. The van der Waals surface area contributed by atoms with Crippen molar-refractivity contribution < 1.29 is 9.21 Å². The fourth-order valence-corrected chi connectivity index (χ4v) is 2.57. The van der Waals surface area contributed by atoms with Crippen LogP contribution in [0.3, 0.4) is 0 Å². The van der Waals surface area contributed by atoms with Crippen molar-refractivity contribution in [3.63, 3.8) is 0 Å². The molecule has 26 heavy (non-hydrogen) atoms. The molecule has 2 aromatic heterocycles. The highest BCUT2D eigenvalue weighted by Gasteiger charge is 2.20. The smallest absolute Gasteiger partial charge is 0.274 e. The third-order valence-corrected chi connectivity index (χ3v) is 3.86. The van der Waals surface area contributed by atoms with Crippen LogP contribution < -0.4 is 11.1 Å². The molecule has 0 atom stereocenters. The number of nitrogen functional groups attached to an aromatic ring is 1. The molecule has 4 N–H and O–H groups in total. The van der Waals surface area contributed by atoms with Crippen molar-refractivity contribution in [3.05, 3.63) is 59.1 Å². The number of rotatable bonds is 4. The predicted molar refractivity (Wildman–Crippen MR) is 93.9 cm³/mol. The van der Waals surface area contributed by atoms with E-state index in [0.29, 0.717) is 22.5 Å². The highest BCUT2D eigenvalue weighted by atomic mass is 16.3. The van der Waals surface area contributed by atoms with Gasteiger partial charge in [-0.1, -0.05) is 0 Å². The van der Waals surface area contributed by atoms with E-state index >= 15 is 0 Å². The molecule has 3 aromatic rings. The number of amides is 1. The molecule has 130 valence electrons. The van der Waals surface area contributed by atoms with E-state index in [4.69, 9.17) is 20.8 Å². The number of hydrogen-bond acceptors (Lipinski definition) is 7. The van der Waals surface area contributed by atoms with Gasteiger partial charge >= 0.3 is 0 Å². The highest BCUT2D eigenvalue weighted by molar-refractivity contribution is 6.13. The van der Waals surface area contributed by atoms with E-state index in [1.165, 1.54) is 17.3 Å². The first-order valence-corrected chi connectivity index (χ1v) is 7.54. The van der Waals surface area contributed by atoms with Crippen LogP contribution in [-0.4, -0.2) is 26.4 Å². The molecule has 0 radical (unpaired) electrons. The Morgan fingerprint density at radius 3 is 2.85 bits per heavy atom. The minimum atomic E-state index is -0.416. The Bertz CT molecular complexity index is 1040. The second kappa shape index (κ2) is 6.52. The van der Waals surface area contributed by atoms with E-state index in [9.17, 15) is 4.79 Å². The predicted octanol–water partition coefficient (Wildman–Crippen LogP) is 1.84. The number of nitriles is 1. The first-order valence-electron chi connectivity index (χ1n) is 7.54. The van der Waals surface area contributed by atoms with Crippen LogP contribution in [0.15, 0.2) is 35.2 Å². The van der Waals surface area contributed by atoms with Gasteiger partial charge in [-0.25, -0.2) is 4.98 Å². The highest BCUT2D eigenvalue weighted by Crippen LogP contribution is 2.22. The summed E-state index contributed by atoms with van der Waals surface area (Å²) in [5.74, 6) is -0.151. The van der Waals surface area contributed by atoms with Gasteiger partial charge in [-0.2, -0.15) is 10.4 Å². The van der Waals surface area contributed by atoms with E-state index in [0.717, 1.165) is 0 Å². The molecule has 0 unspecified atom stereocenters. The number of nitrogens with one attached hydrogen (secondary N) is 2. The molecule has 2 heterocycles. The van der Waals surface area contributed by atoms with Crippen molar-refractivity contribution in [2.24, 2.45) is 7.05 Å². The van der Waals surface area contributed by atoms with Crippen molar-refractivity contribution in [2.45, 2.75) is 6.92 Å². The van der Waals surface area contributed by atoms with Gasteiger partial charge in [0.25, 0.3) is 5.91 Å². The first-order chi connectivity index (χ1) is 12.4. The number of oxazole rings is 1. The molecule has 0 saturated heterocycles. The summed E-state index contributed by atoms with van der Waals surface area (Å²) < 4.78 is 6.48. The van der Waals surface area contributed by atoms with Gasteiger partial charge in [0, 0.05) is 29.5 Å². The fraction of sp³-hybridized carbons (Fsp3) is 0.118. The lowest BCUT2D eigenvalue weighted by Gasteiger charge is -2.10. The second-order valence-corrected chi connectivity index (χ2v) is 5.55. The summed E-state index contributed by atoms with van der Waals surface area (Å²) in [5, 5.41) is 24.0. The van der Waals surface area contributed by atoms with Crippen LogP contribution in [0.4, 0.5) is 11.4 Å². The quantitative estimate of drug-likeness (QED) is 0.484. The van der Waals surface area contributed by atoms with Crippen molar-refractivity contribution in [1.82, 2.24) is 14.8 Å². The molecule has 9 nitrogen and oxygen atoms in total. The first kappa shape index (κ1) is 16.9. The Kier molecular flexibility index (Phi) is 4.24. The van der Waals surface area contributed by atoms with E-state index in [1.807, 2.05) is 6.07 Å². The van der Waals surface area contributed by atoms with Gasteiger partial charge in [0.15, 0.2) is 17.8 Å². The lowest BCUT2D eigenvalue weighted by molar-refractivity contribution is 0.101. The zero-order valence-corrected chi connectivity index (χ0v) is 14.1. The van der Waals surface area contributed by atoms with Gasteiger partial charge in [-0.3, -0.25) is 14.9 Å². The molecular formula is C17H15N7O2. The third kappa shape index (κ3) is 2.91. The van der Waals surface area contributed by atoms with Crippen LogP contribution in [0.5, 0.6) is 0 Å². The maximum atomic E-state index is 12.6. The number of nitrogens with zero attached hydrogens (tertiary/aromatic N) is 4. The Balaban J connectivity index is 1.91. The number of anilines is 2. The minimum Gasteiger partial charge on any atom is -0.442 e. The van der Waals surface area contributed by atoms with Crippen LogP contribution in [-0.2, 0) is 7.05 Å². The van der Waals surface area contributed by atoms with Gasteiger partial charge in [-0.15, -0.1) is 0 Å². The third-order valence-electron chi connectivity index (χ3n) is 3.86. The lowest BCUT2D eigenvalue weighted by atomic mass is 10.1. The fourth-order valence-electron chi connectivity index (χ4n) is 2.57. The standard InChI is InChI=1S/C17H15N7O2/c1-9-13(6-18)23-24(2)16(9)17(25)22-10-3-4-12(19)11(5-10)15(20)14-7-21-8-26-14/h3-5,7-8,20H,19H2,1-2H3,(H,22,25). The van der Waals surface area contributed by atoms with Crippen LogP contribution in [0.2, 0.25) is 0 Å². The lowest BCUT2D eigenvalue weighted by Crippen LogP contribution is -2.17. The largest absolute Gasteiger partial charge is 0.442 e. The number of carbonyl (C=O) groups is 1. The van der Waals surface area contributed by atoms with Crippen LogP contribution in [0.1, 0.15) is 33.1 Å². The summed E-state index contributed by atoms with van der Waals surface area (Å²) in [7, 11) is 1.59. The molecule has 0 aliphatic carbocycles. The normalized spacial score (nSPS) is 10.3. The van der Waals surface area contributed by atoms with E-state index in [-0.39, 0.29) is 22.9 Å². The van der Waals surface area contributed by atoms with Crippen LogP contribution in [0, 0.1) is 23.7 Å². The number of aryl methyl sites for hydroxylation is 1. The van der Waals surface area contributed by atoms with Crippen molar-refractivity contribution in [2.75, 3.05) is 11.1 Å². The van der Waals surface area contributed by atoms with Gasteiger partial charge in [0.1, 0.15) is 17.5 Å². The van der Waals surface area contributed by atoms with E-state index in [1.54, 1.807) is 32.2 Å². The number of benzene rings is 1. The SMILES string of the molecule is Cc1c(C#N)nn(C)c1C(=O)Nc1ccc(N)c(C(=N)c2cnco2)c1. The molecule has 3 rings (SSSR count). The summed E-state index contributed by atoms with van der Waals surface area (Å²) in [5.41, 5.74) is 8.19. The topological polar surface area (TPSA) is 147 Å². The summed E-state index contributed by atoms with van der Waals surface area (Å²) >= 11 is 0. The maximum Gasteiger partial charge on any atom is 0.274 e. The molecule has 9 heteroatoms. The van der Waals surface area contributed by atoms with Crippen molar-refractivity contribution in [3.8, 4) is 6.07 Å². The number of aromatic nitrogens is 3. The average molecular weight is 349 g/mol. The molecule has 0 aliphatic rings. The summed E-state index contributed by atoms with van der Waals surface area (Å²) in [6.45, 7) is 1.66. The monoisotopic (exact) mass is 349 g/mol. The van der Waals surface area contributed by atoms with Gasteiger partial charge < -0.3 is 15.5 Å². The molecular weight excluding hydrogens is 334 g/mol. The van der Waals surface area contributed by atoms with Crippen LogP contribution >= 0.6 is 0 Å². The Hall–Kier alpha value is -3.93. The molecule has 1 aromatic carbocycles. The Morgan fingerprint density at radius 1 is 1.46 bits per heavy atom. The van der Waals surface area contributed by atoms with Gasteiger partial charge in [0.2, 0.25) is 0 Å². The second-order valence-electron chi connectivity index (χ2n) is 5.55. The number of nitrogens with two attached hydrogens (primary N) is 1. The van der Waals surface area contributed by atoms with Crippen molar-refractivity contribution in [1.29, 1.82) is 10.7 Å². The van der Waals surface area contributed by atoms with Crippen LogP contribution in [0.25, 0.3) is 0 Å². The van der Waals surface area contributed by atoms with Gasteiger partial charge in [0.05, 0.1) is 6.20 Å². The molecule has 0 spiro atoms. The molecule has 1 amide bonds. The summed E-state index contributed by atoms with van der Waals surface area (Å²) in [6, 6.07) is 6.74. The molecule has 0 fully saturated rings. The number of hydrogen-bond donors (Lipinski definition) is 3. The summed E-state index contributed by atoms with van der Waals surface area (Å²) in [6.07, 6.45) is 2.64. The average Bonchev–Trinajstić information content (AvgIpc) is 3.24. The Morgan fingerprint density at radius 2 is 2.23 bits per heavy atom. The van der Waals surface area contributed by atoms with E-state index < -0.39 is 5.91 Å². The van der Waals surface area contributed by atoms with E-state index in [2.05, 4.69) is 15.4 Å². The Labute approximate surface area is 148 Å². The molecule has 0 saturated carbocycles. The van der Waals surface area contributed by atoms with Gasteiger partial charge in [-0.05, 0) is 25.1 Å². The molecule has 0 aliphatic heterocycles. The molecule has 0 bridgehead atoms. The van der Waals surface area contributed by atoms with Crippen molar-refractivity contribution >= 4 is 23.0 Å². The summed E-state index contributed by atoms with van der Waals surface area (Å²) in [4.78, 5) is 16.4. The maximum absolute atomic E-state index is 12.6. The zero-order chi connectivity index (χ0) is 18.8. The number of carbonyl (C=O) groups excluding carboxylic acids is 1. The zero-order valence-electron chi connectivity index (χ0n) is 14.1.